The van der Waals surface area contributed by atoms with Crippen molar-refractivity contribution < 1.29 is 9.47 Å². The number of methoxy groups -OCH3 is 2. The molecule has 0 saturated heterocycles. The lowest BCUT2D eigenvalue weighted by atomic mass is 9.89. The van der Waals surface area contributed by atoms with E-state index in [4.69, 9.17) is 9.47 Å². The van der Waals surface area contributed by atoms with E-state index in [0.29, 0.717) is 5.41 Å². The fourth-order valence-electron chi connectivity index (χ4n) is 1.86. The van der Waals surface area contributed by atoms with Crippen molar-refractivity contribution >= 4 is 0 Å². The van der Waals surface area contributed by atoms with Crippen molar-refractivity contribution in [2.75, 3.05) is 14.2 Å². The van der Waals surface area contributed by atoms with Crippen molar-refractivity contribution in [2.45, 2.75) is 40.0 Å². The van der Waals surface area contributed by atoms with E-state index < -0.39 is 0 Å². The van der Waals surface area contributed by atoms with Crippen molar-refractivity contribution in [3.05, 3.63) is 23.8 Å². The number of hydrogen-bond acceptors (Lipinski definition) is 2. The lowest BCUT2D eigenvalue weighted by Gasteiger charge is -2.17. The van der Waals surface area contributed by atoms with Crippen LogP contribution in [0.3, 0.4) is 0 Å². The second kappa shape index (κ2) is 5.95. The Labute approximate surface area is 105 Å². The lowest BCUT2D eigenvalue weighted by Crippen LogP contribution is -2.05. The molecule has 0 aliphatic heterocycles. The van der Waals surface area contributed by atoms with Gasteiger partial charge >= 0.3 is 0 Å². The first-order valence-corrected chi connectivity index (χ1v) is 6.17. The van der Waals surface area contributed by atoms with Crippen LogP contribution in [0.15, 0.2) is 18.2 Å². The first-order chi connectivity index (χ1) is 7.96. The monoisotopic (exact) mass is 236 g/mol. The molecule has 1 aromatic carbocycles. The summed E-state index contributed by atoms with van der Waals surface area (Å²) in [5.41, 5.74) is 1.73. The van der Waals surface area contributed by atoms with Crippen LogP contribution in [0.25, 0.3) is 0 Å². The number of hydrogen-bond donors (Lipinski definition) is 0. The molecule has 0 aromatic heterocycles. The second-order valence-electron chi connectivity index (χ2n) is 5.60. The molecule has 17 heavy (non-hydrogen) atoms. The summed E-state index contributed by atoms with van der Waals surface area (Å²) in [5.74, 6) is 1.62. The Bertz CT molecular complexity index is 350. The zero-order chi connectivity index (χ0) is 12.9. The van der Waals surface area contributed by atoms with Gasteiger partial charge in [0.2, 0.25) is 0 Å². The van der Waals surface area contributed by atoms with Gasteiger partial charge in [-0.3, -0.25) is 0 Å². The van der Waals surface area contributed by atoms with Gasteiger partial charge in [-0.05, 0) is 42.4 Å². The van der Waals surface area contributed by atoms with Crippen LogP contribution in [-0.4, -0.2) is 14.2 Å². The molecule has 0 bridgehead atoms. The molecule has 0 saturated carbocycles. The van der Waals surface area contributed by atoms with E-state index in [2.05, 4.69) is 32.9 Å². The first-order valence-electron chi connectivity index (χ1n) is 6.17. The Morgan fingerprint density at radius 2 is 1.65 bits per heavy atom. The molecule has 0 amide bonds. The highest BCUT2D eigenvalue weighted by Gasteiger charge is 2.10. The summed E-state index contributed by atoms with van der Waals surface area (Å²) in [6.07, 6.45) is 3.54. The van der Waals surface area contributed by atoms with Gasteiger partial charge in [0.05, 0.1) is 14.2 Å². The SMILES string of the molecule is COc1ccc(CCCC(C)(C)C)cc1OC. The van der Waals surface area contributed by atoms with Crippen LogP contribution in [-0.2, 0) is 6.42 Å². The maximum absolute atomic E-state index is 5.30. The fourth-order valence-corrected chi connectivity index (χ4v) is 1.86. The minimum atomic E-state index is 0.413. The van der Waals surface area contributed by atoms with E-state index in [1.54, 1.807) is 14.2 Å². The Hall–Kier alpha value is -1.18. The van der Waals surface area contributed by atoms with Crippen LogP contribution in [0.4, 0.5) is 0 Å². The third-order valence-electron chi connectivity index (χ3n) is 2.84. The van der Waals surface area contributed by atoms with Crippen molar-refractivity contribution in [3.8, 4) is 11.5 Å². The molecule has 96 valence electrons. The molecule has 0 unspecified atom stereocenters. The van der Waals surface area contributed by atoms with E-state index in [1.165, 1.54) is 18.4 Å². The van der Waals surface area contributed by atoms with Crippen molar-refractivity contribution in [3.63, 3.8) is 0 Å². The number of ether oxygens (including phenoxy) is 2. The van der Waals surface area contributed by atoms with Crippen LogP contribution in [0, 0.1) is 5.41 Å². The lowest BCUT2D eigenvalue weighted by molar-refractivity contribution is 0.353. The third-order valence-corrected chi connectivity index (χ3v) is 2.84. The van der Waals surface area contributed by atoms with Gasteiger partial charge in [-0.15, -0.1) is 0 Å². The number of aryl methyl sites for hydroxylation is 1. The predicted molar refractivity (Wildman–Crippen MR) is 71.9 cm³/mol. The van der Waals surface area contributed by atoms with E-state index in [-0.39, 0.29) is 0 Å². The summed E-state index contributed by atoms with van der Waals surface area (Å²) in [7, 11) is 3.34. The molecule has 0 aliphatic rings. The minimum Gasteiger partial charge on any atom is -0.493 e. The largest absolute Gasteiger partial charge is 0.493 e. The third kappa shape index (κ3) is 4.68. The van der Waals surface area contributed by atoms with Gasteiger partial charge in [0.1, 0.15) is 0 Å². The summed E-state index contributed by atoms with van der Waals surface area (Å²) in [6, 6.07) is 6.16. The molecule has 0 fully saturated rings. The van der Waals surface area contributed by atoms with E-state index in [1.807, 2.05) is 6.07 Å². The Morgan fingerprint density at radius 1 is 1.00 bits per heavy atom. The highest BCUT2D eigenvalue weighted by atomic mass is 16.5. The highest BCUT2D eigenvalue weighted by molar-refractivity contribution is 5.42. The van der Waals surface area contributed by atoms with E-state index in [9.17, 15) is 0 Å². The summed E-state index contributed by atoms with van der Waals surface area (Å²) < 4.78 is 10.5. The molecule has 0 atom stereocenters. The van der Waals surface area contributed by atoms with Crippen molar-refractivity contribution in [1.82, 2.24) is 0 Å². The van der Waals surface area contributed by atoms with Gasteiger partial charge in [0, 0.05) is 0 Å². The van der Waals surface area contributed by atoms with E-state index >= 15 is 0 Å². The molecule has 2 nitrogen and oxygen atoms in total. The van der Waals surface area contributed by atoms with Gasteiger partial charge in [-0.2, -0.15) is 0 Å². The molecular formula is C15H24O2. The maximum atomic E-state index is 5.30. The average Bonchev–Trinajstić information content (AvgIpc) is 2.27. The molecule has 0 radical (unpaired) electrons. The topological polar surface area (TPSA) is 18.5 Å². The fraction of sp³-hybridized carbons (Fsp3) is 0.600. The van der Waals surface area contributed by atoms with Gasteiger partial charge in [0.15, 0.2) is 11.5 Å². The van der Waals surface area contributed by atoms with E-state index in [0.717, 1.165) is 17.9 Å². The van der Waals surface area contributed by atoms with Gasteiger partial charge < -0.3 is 9.47 Å². The van der Waals surface area contributed by atoms with Gasteiger partial charge in [-0.1, -0.05) is 26.8 Å². The Kier molecular flexibility index (Phi) is 4.86. The average molecular weight is 236 g/mol. The van der Waals surface area contributed by atoms with Crippen molar-refractivity contribution in [2.24, 2.45) is 5.41 Å². The zero-order valence-corrected chi connectivity index (χ0v) is 11.7. The molecule has 2 heteroatoms. The quantitative estimate of drug-likeness (QED) is 0.767. The molecule has 0 spiro atoms. The Morgan fingerprint density at radius 3 is 2.18 bits per heavy atom. The van der Waals surface area contributed by atoms with Crippen LogP contribution >= 0.6 is 0 Å². The second-order valence-corrected chi connectivity index (χ2v) is 5.60. The normalized spacial score (nSPS) is 11.4. The summed E-state index contributed by atoms with van der Waals surface area (Å²) in [4.78, 5) is 0. The molecule has 0 heterocycles. The molecule has 0 N–H and O–H groups in total. The van der Waals surface area contributed by atoms with Gasteiger partial charge in [0.25, 0.3) is 0 Å². The van der Waals surface area contributed by atoms with Crippen LogP contribution in [0.1, 0.15) is 39.2 Å². The predicted octanol–water partition coefficient (Wildman–Crippen LogP) is 4.07. The molecule has 1 aromatic rings. The van der Waals surface area contributed by atoms with Crippen LogP contribution < -0.4 is 9.47 Å². The first kappa shape index (κ1) is 13.9. The minimum absolute atomic E-state index is 0.413. The molecular weight excluding hydrogens is 212 g/mol. The summed E-state index contributed by atoms with van der Waals surface area (Å²) in [6.45, 7) is 6.84. The standard InChI is InChI=1S/C15H24O2/c1-15(2,3)10-6-7-12-8-9-13(16-4)14(11-12)17-5/h8-9,11H,6-7,10H2,1-5H3. The van der Waals surface area contributed by atoms with Crippen molar-refractivity contribution in [1.29, 1.82) is 0 Å². The maximum Gasteiger partial charge on any atom is 0.160 e. The smallest absolute Gasteiger partial charge is 0.160 e. The highest BCUT2D eigenvalue weighted by Crippen LogP contribution is 2.29. The summed E-state index contributed by atoms with van der Waals surface area (Å²) in [5, 5.41) is 0. The van der Waals surface area contributed by atoms with Crippen LogP contribution in [0.5, 0.6) is 11.5 Å². The molecule has 0 aliphatic carbocycles. The zero-order valence-electron chi connectivity index (χ0n) is 11.7. The van der Waals surface area contributed by atoms with Gasteiger partial charge in [-0.25, -0.2) is 0 Å². The van der Waals surface area contributed by atoms with Crippen LogP contribution in [0.2, 0.25) is 0 Å². The summed E-state index contributed by atoms with van der Waals surface area (Å²) >= 11 is 0. The Balaban J connectivity index is 2.60. The number of rotatable bonds is 5. The number of benzene rings is 1. The molecule has 1 rings (SSSR count).